The van der Waals surface area contributed by atoms with Crippen LogP contribution >= 0.6 is 0 Å². The van der Waals surface area contributed by atoms with Crippen molar-refractivity contribution in [2.75, 3.05) is 13.7 Å². The van der Waals surface area contributed by atoms with Gasteiger partial charge in [0.15, 0.2) is 0 Å². The predicted octanol–water partition coefficient (Wildman–Crippen LogP) is 1.42. The fourth-order valence-electron chi connectivity index (χ4n) is 2.53. The number of hydrogen-bond donors (Lipinski definition) is 3. The van der Waals surface area contributed by atoms with E-state index in [0.29, 0.717) is 12.6 Å². The van der Waals surface area contributed by atoms with Crippen LogP contribution in [0.1, 0.15) is 11.1 Å². The topological polar surface area (TPSA) is 58.3 Å². The molecule has 0 saturated carbocycles. The smallest absolute Gasteiger partial charge is 0.0319 e. The Balaban J connectivity index is 0.000000574. The largest absolute Gasteiger partial charge is 0.400 e. The summed E-state index contributed by atoms with van der Waals surface area (Å²) < 4.78 is 0. The predicted molar refractivity (Wildman–Crippen MR) is 75.5 cm³/mol. The van der Waals surface area contributed by atoms with E-state index in [4.69, 9.17) is 10.8 Å². The van der Waals surface area contributed by atoms with Gasteiger partial charge in [0.25, 0.3) is 0 Å². The molecule has 2 aromatic carbocycles. The van der Waals surface area contributed by atoms with E-state index < -0.39 is 0 Å². The second-order valence-corrected chi connectivity index (χ2v) is 4.44. The van der Waals surface area contributed by atoms with Crippen molar-refractivity contribution >= 4 is 10.8 Å². The SMILES string of the molecule is CO.NC[C@H]1Cc2ccc3ccccc3c2CN1. The third-order valence-corrected chi connectivity index (χ3v) is 3.46. The van der Waals surface area contributed by atoms with Crippen LogP contribution in [0.25, 0.3) is 10.8 Å². The molecule has 1 aliphatic heterocycles. The lowest BCUT2D eigenvalue weighted by atomic mass is 9.91. The number of aliphatic hydroxyl groups excluding tert-OH is 1. The van der Waals surface area contributed by atoms with Crippen molar-refractivity contribution in [3.05, 3.63) is 47.5 Å². The third-order valence-electron chi connectivity index (χ3n) is 3.46. The molecule has 96 valence electrons. The number of benzene rings is 2. The third kappa shape index (κ3) is 2.38. The van der Waals surface area contributed by atoms with Gasteiger partial charge in [-0.25, -0.2) is 0 Å². The monoisotopic (exact) mass is 244 g/mol. The van der Waals surface area contributed by atoms with Crippen LogP contribution in [0.5, 0.6) is 0 Å². The molecule has 0 unspecified atom stereocenters. The van der Waals surface area contributed by atoms with Crippen LogP contribution in [0.2, 0.25) is 0 Å². The van der Waals surface area contributed by atoms with E-state index in [-0.39, 0.29) is 0 Å². The molecule has 0 aromatic heterocycles. The van der Waals surface area contributed by atoms with Gasteiger partial charge in [0.2, 0.25) is 0 Å². The molecule has 0 bridgehead atoms. The minimum Gasteiger partial charge on any atom is -0.400 e. The fourth-order valence-corrected chi connectivity index (χ4v) is 2.53. The van der Waals surface area contributed by atoms with Crippen LogP contribution in [0, 0.1) is 0 Å². The molecule has 2 aromatic rings. The molecule has 0 fully saturated rings. The minimum atomic E-state index is 0.439. The maximum absolute atomic E-state index is 7.00. The summed E-state index contributed by atoms with van der Waals surface area (Å²) in [7, 11) is 1.00. The number of nitrogens with two attached hydrogens (primary N) is 1. The maximum atomic E-state index is 7.00. The van der Waals surface area contributed by atoms with E-state index in [1.807, 2.05) is 0 Å². The minimum absolute atomic E-state index is 0.439. The summed E-state index contributed by atoms with van der Waals surface area (Å²) in [6.07, 6.45) is 1.05. The Morgan fingerprint density at radius 2 is 2.00 bits per heavy atom. The molecule has 4 N–H and O–H groups in total. The van der Waals surface area contributed by atoms with E-state index in [0.717, 1.165) is 20.1 Å². The van der Waals surface area contributed by atoms with Crippen molar-refractivity contribution in [3.8, 4) is 0 Å². The molecular formula is C15H20N2O. The first-order chi connectivity index (χ1) is 8.88. The lowest BCUT2D eigenvalue weighted by Crippen LogP contribution is -2.41. The molecule has 18 heavy (non-hydrogen) atoms. The number of hydrogen-bond acceptors (Lipinski definition) is 3. The van der Waals surface area contributed by atoms with E-state index in [1.165, 1.54) is 21.9 Å². The van der Waals surface area contributed by atoms with Crippen molar-refractivity contribution in [1.82, 2.24) is 5.32 Å². The van der Waals surface area contributed by atoms with Gasteiger partial charge in [0.1, 0.15) is 0 Å². The molecule has 1 aliphatic rings. The summed E-state index contributed by atoms with van der Waals surface area (Å²) in [5.41, 5.74) is 8.61. The van der Waals surface area contributed by atoms with Crippen LogP contribution < -0.4 is 11.1 Å². The van der Waals surface area contributed by atoms with E-state index >= 15 is 0 Å². The molecule has 3 rings (SSSR count). The summed E-state index contributed by atoms with van der Waals surface area (Å²) in [6, 6.07) is 13.5. The molecule has 1 atom stereocenters. The van der Waals surface area contributed by atoms with Crippen LogP contribution in [0.15, 0.2) is 36.4 Å². The van der Waals surface area contributed by atoms with Gasteiger partial charge in [-0.3, -0.25) is 0 Å². The van der Waals surface area contributed by atoms with Crippen molar-refractivity contribution in [2.24, 2.45) is 5.73 Å². The van der Waals surface area contributed by atoms with Gasteiger partial charge in [-0.15, -0.1) is 0 Å². The quantitative estimate of drug-likeness (QED) is 0.711. The molecule has 0 aliphatic carbocycles. The van der Waals surface area contributed by atoms with Gasteiger partial charge >= 0.3 is 0 Å². The first-order valence-corrected chi connectivity index (χ1v) is 6.26. The van der Waals surface area contributed by atoms with E-state index in [9.17, 15) is 0 Å². The Labute approximate surface area is 108 Å². The number of aliphatic hydroxyl groups is 1. The van der Waals surface area contributed by atoms with Crippen LogP contribution in [-0.2, 0) is 13.0 Å². The maximum Gasteiger partial charge on any atom is 0.0319 e. The molecular weight excluding hydrogens is 224 g/mol. The molecule has 3 nitrogen and oxygen atoms in total. The Bertz CT molecular complexity index is 525. The normalized spacial score (nSPS) is 17.8. The molecule has 0 spiro atoms. The van der Waals surface area contributed by atoms with Gasteiger partial charge in [-0.1, -0.05) is 36.4 Å². The summed E-state index contributed by atoms with van der Waals surface area (Å²) in [5.74, 6) is 0. The van der Waals surface area contributed by atoms with Gasteiger partial charge in [0.05, 0.1) is 0 Å². The highest BCUT2D eigenvalue weighted by molar-refractivity contribution is 5.87. The van der Waals surface area contributed by atoms with E-state index in [1.54, 1.807) is 0 Å². The van der Waals surface area contributed by atoms with Crippen LogP contribution in [-0.4, -0.2) is 24.8 Å². The highest BCUT2D eigenvalue weighted by Gasteiger charge is 2.17. The first kappa shape index (κ1) is 13.0. The van der Waals surface area contributed by atoms with Crippen molar-refractivity contribution in [2.45, 2.75) is 19.0 Å². The standard InChI is InChI=1S/C14H16N2.CH4O/c15-8-12-7-11-6-5-10-3-1-2-4-13(10)14(11)9-16-12;1-2/h1-6,12,16H,7-9,15H2;2H,1H3/t12-;/m1./s1. The number of fused-ring (bicyclic) bond motifs is 3. The summed E-state index contributed by atoms with van der Waals surface area (Å²) in [4.78, 5) is 0. The van der Waals surface area contributed by atoms with Crippen molar-refractivity contribution < 1.29 is 5.11 Å². The Kier molecular flexibility index (Phi) is 4.31. The molecule has 0 amide bonds. The Morgan fingerprint density at radius 1 is 1.22 bits per heavy atom. The zero-order chi connectivity index (χ0) is 13.0. The second-order valence-electron chi connectivity index (χ2n) is 4.44. The highest BCUT2D eigenvalue weighted by Crippen LogP contribution is 2.25. The summed E-state index contributed by atoms with van der Waals surface area (Å²) in [6.45, 7) is 1.66. The highest BCUT2D eigenvalue weighted by atomic mass is 16.2. The molecule has 1 heterocycles. The summed E-state index contributed by atoms with van der Waals surface area (Å²) in [5, 5.41) is 13.2. The Hall–Kier alpha value is -1.42. The lowest BCUT2D eigenvalue weighted by molar-refractivity contribution is 0.399. The lowest BCUT2D eigenvalue weighted by Gasteiger charge is -2.26. The fraction of sp³-hybridized carbons (Fsp3) is 0.333. The van der Waals surface area contributed by atoms with Crippen LogP contribution in [0.3, 0.4) is 0 Å². The molecule has 3 heteroatoms. The van der Waals surface area contributed by atoms with Gasteiger partial charge in [-0.2, -0.15) is 0 Å². The van der Waals surface area contributed by atoms with Crippen molar-refractivity contribution in [3.63, 3.8) is 0 Å². The number of nitrogens with one attached hydrogen (secondary N) is 1. The van der Waals surface area contributed by atoms with Gasteiger partial charge in [-0.05, 0) is 28.3 Å². The second kappa shape index (κ2) is 5.96. The average molecular weight is 244 g/mol. The molecule has 0 saturated heterocycles. The van der Waals surface area contributed by atoms with Gasteiger partial charge in [0, 0.05) is 26.2 Å². The van der Waals surface area contributed by atoms with Gasteiger partial charge < -0.3 is 16.2 Å². The first-order valence-electron chi connectivity index (χ1n) is 6.26. The zero-order valence-corrected chi connectivity index (χ0v) is 10.7. The zero-order valence-electron chi connectivity index (χ0n) is 10.7. The Morgan fingerprint density at radius 3 is 2.78 bits per heavy atom. The van der Waals surface area contributed by atoms with E-state index in [2.05, 4.69) is 41.7 Å². The van der Waals surface area contributed by atoms with Crippen LogP contribution in [0.4, 0.5) is 0 Å². The van der Waals surface area contributed by atoms with Crippen molar-refractivity contribution in [1.29, 1.82) is 0 Å². The summed E-state index contributed by atoms with van der Waals surface area (Å²) >= 11 is 0. The number of rotatable bonds is 1. The molecule has 0 radical (unpaired) electrons. The average Bonchev–Trinajstić information content (AvgIpc) is 2.48.